The molecule has 16 heterocycles. The summed E-state index contributed by atoms with van der Waals surface area (Å²) in [7, 11) is -3.17. The summed E-state index contributed by atoms with van der Waals surface area (Å²) in [6.07, 6.45) is 24.8. The van der Waals surface area contributed by atoms with Crippen LogP contribution < -0.4 is 0 Å². The number of carbonyl (C=O) groups excluding carboxylic acids is 4. The second kappa shape index (κ2) is 43.3. The van der Waals surface area contributed by atoms with Crippen LogP contribution in [-0.2, 0) is 94.3 Å². The topological polar surface area (TPSA) is 236 Å². The first kappa shape index (κ1) is 96.8. The molecule has 0 radical (unpaired) electrons. The van der Waals surface area contributed by atoms with Crippen LogP contribution in [0.1, 0.15) is 258 Å². The minimum Gasteiger partial charge on any atom is -0.417 e. The molecule has 16 aliphatic heterocycles. The summed E-state index contributed by atoms with van der Waals surface area (Å²) in [5, 5.41) is 9.46. The van der Waals surface area contributed by atoms with E-state index in [-0.39, 0.29) is 177 Å². The van der Waals surface area contributed by atoms with Crippen molar-refractivity contribution in [3.05, 3.63) is 61.3 Å². The van der Waals surface area contributed by atoms with Gasteiger partial charge in [-0.1, -0.05) is 156 Å². The van der Waals surface area contributed by atoms with Gasteiger partial charge in [-0.05, 0) is 202 Å². The van der Waals surface area contributed by atoms with Crippen molar-refractivity contribution >= 4 is 28.9 Å². The van der Waals surface area contributed by atoms with Crippen molar-refractivity contribution in [2.45, 2.75) is 453 Å². The molecular formula is C96H158O21Si2. The predicted molar refractivity (Wildman–Crippen MR) is 460 cm³/mol. The Morgan fingerprint density at radius 3 is 1.19 bits per heavy atom. The summed E-state index contributed by atoms with van der Waals surface area (Å²) in [4.78, 5) is 32.5. The van der Waals surface area contributed by atoms with Crippen molar-refractivity contribution in [3.8, 4) is 0 Å². The van der Waals surface area contributed by atoms with Crippen molar-refractivity contribution in [1.82, 2.24) is 0 Å². The van der Waals surface area contributed by atoms with Crippen LogP contribution in [0.5, 0.6) is 0 Å². The van der Waals surface area contributed by atoms with E-state index in [9.17, 15) is 5.11 Å². The summed E-state index contributed by atoms with van der Waals surface area (Å²) in [5.41, 5.74) is 4.87. The van der Waals surface area contributed by atoms with E-state index in [1.807, 2.05) is 6.08 Å². The Hall–Kier alpha value is -2.79. The fourth-order valence-electron chi connectivity index (χ4n) is 24.0. The van der Waals surface area contributed by atoms with Gasteiger partial charge in [-0.3, -0.25) is 0 Å². The smallest absolute Gasteiger partial charge is 0.373 e. The molecule has 1 N–H and O–H groups in total. The first-order chi connectivity index (χ1) is 57.0. The molecule has 12 bridgehead atoms. The predicted octanol–water partition coefficient (Wildman–Crippen LogP) is 18.2. The van der Waals surface area contributed by atoms with Gasteiger partial charge in [-0.15, -0.1) is 6.58 Å². The lowest BCUT2D eigenvalue weighted by molar-refractivity contribution is -0.263. The Labute approximate surface area is 717 Å². The first-order valence-electron chi connectivity index (χ1n) is 47.5. The summed E-state index contributed by atoms with van der Waals surface area (Å²) in [5.74, 6) is 3.06. The Morgan fingerprint density at radius 1 is 0.445 bits per heavy atom. The molecule has 23 heteroatoms. The fourth-order valence-corrected chi connectivity index (χ4v) is 29.5. The van der Waals surface area contributed by atoms with E-state index in [1.54, 1.807) is 0 Å². The highest BCUT2D eigenvalue weighted by atomic mass is 28.4. The van der Waals surface area contributed by atoms with E-state index in [2.05, 4.69) is 144 Å². The monoisotopic (exact) mass is 1700 g/mol. The number of ether oxygens (including phenoxy) is 14. The molecule has 0 spiro atoms. The second-order valence-corrected chi connectivity index (χ2v) is 48.9. The summed E-state index contributed by atoms with van der Waals surface area (Å²) >= 11 is 0. The highest BCUT2D eigenvalue weighted by Crippen LogP contribution is 2.57. The molecule has 2 unspecified atom stereocenters. The van der Waals surface area contributed by atoms with Crippen molar-refractivity contribution < 1.29 is 99.5 Å². The maximum absolute atomic E-state index is 9.46. The standard InChI is InChI=1S/C47H80O9Si.C47H78O8Si.2CO2/c1-11-36-32(9)39(22-28(5)27-49-57(12-2,13-3)14-4)52-41(36)25-40-31(8)29(6)23-34(51-40)17-18-37-30(7)24-35(50-37)19-20-47-26-42-44(56-47)46-45(54-42)43(55-47)33(10)38(53-46)16-15-21-48;1-12-17-38-33(11)43-45-46(52-38)44-42(53-45)26-47(54-43,55-44)21-20-35-24-30(8)37(49-35)19-18-34-23-29(7)31(9)40(50-34)25-41-36(13-2)32(10)39(51-41)22-28(6)27-48-56(14-3,15-4)16-5;2*2-1-3/h28-29,32-46,48H,7-8,11-27H2,1-6,9-10H3;12,28-29,32-46H,1,8-9,13-27H2,2-7,10-11H3;;/t2*28-,29+,32+,33-,34?,35-,36+,37-,38-,39+,40+,41-,42+,43-,44-,45-,46-,47+;;/m00../s1. The van der Waals surface area contributed by atoms with Crippen molar-refractivity contribution in [3.63, 3.8) is 0 Å². The maximum Gasteiger partial charge on any atom is 0.373 e. The van der Waals surface area contributed by atoms with Crippen LogP contribution in [0.2, 0.25) is 36.3 Å². The molecule has 119 heavy (non-hydrogen) atoms. The molecule has 16 fully saturated rings. The van der Waals surface area contributed by atoms with E-state index in [0.29, 0.717) is 47.3 Å². The van der Waals surface area contributed by atoms with E-state index < -0.39 is 28.2 Å². The normalized spacial score (nSPS) is 42.8. The van der Waals surface area contributed by atoms with Crippen LogP contribution in [-0.4, -0.2) is 212 Å². The molecule has 16 aliphatic rings. The second-order valence-electron chi connectivity index (χ2n) is 39.3. The molecular weight excluding hydrogens is 1550 g/mol. The number of rotatable bonds is 39. The van der Waals surface area contributed by atoms with Gasteiger partial charge >= 0.3 is 12.3 Å². The SMILES string of the molecule is C=C1C[C@H](CC[C@@]23C[C@H]4O[C@@H]5[C@@H](O[C@@H](CCCO)[C@H](C)[C@@H]5O2)[C@H]4O3)O[C@H]1CCC1C[C@@H](C)C(=C)[C@@H](C[C@@H]2O[C@H](C[C@H](C)CO[Si](CC)(CC)CC)[C@H](C)[C@H]2CC)O1.C=CC[C@@H]1O[C@@H]2[C@H]3O[C@@H]4C[C@@](CC[C@H]5CC(=C)[C@H](CCC6C[C@@H](C)C(=C)[C@@H](C[C@@H]7O[C@H](C[C@H](C)CO[Si](CC)(CC)CC)[C@H](C)[C@H]7CC)O6)O5)(O[C@H]24)O[C@H]3[C@H]1C.O=C=O.O=C=O. The van der Waals surface area contributed by atoms with E-state index in [0.717, 1.165) is 161 Å². The molecule has 16 saturated heterocycles. The number of aliphatic hydroxyl groups is 1. The highest BCUT2D eigenvalue weighted by Gasteiger charge is 2.69. The van der Waals surface area contributed by atoms with Crippen LogP contribution >= 0.6 is 0 Å². The minimum atomic E-state index is -1.59. The molecule has 0 aromatic heterocycles. The molecule has 0 aromatic carbocycles. The number of hydrogen-bond acceptors (Lipinski definition) is 21. The van der Waals surface area contributed by atoms with E-state index >= 15 is 0 Å². The minimum absolute atomic E-state index is 0.0134. The Balaban J connectivity index is 0.000000219. The molecule has 676 valence electrons. The molecule has 0 saturated carbocycles. The van der Waals surface area contributed by atoms with Crippen LogP contribution in [0.15, 0.2) is 61.3 Å². The molecule has 0 aliphatic carbocycles. The van der Waals surface area contributed by atoms with Gasteiger partial charge < -0.3 is 80.3 Å². The molecule has 36 atom stereocenters. The first-order valence-corrected chi connectivity index (χ1v) is 52.6. The molecule has 0 amide bonds. The van der Waals surface area contributed by atoms with Gasteiger partial charge in [0, 0.05) is 70.2 Å². The van der Waals surface area contributed by atoms with Gasteiger partial charge in [-0.25, -0.2) is 0 Å². The molecule has 0 aromatic rings. The average molecular weight is 1700 g/mol. The van der Waals surface area contributed by atoms with Crippen molar-refractivity contribution in [2.75, 3.05) is 19.8 Å². The molecule has 16 rings (SSSR count). The largest absolute Gasteiger partial charge is 0.417 e. The van der Waals surface area contributed by atoms with Gasteiger partial charge in [0.2, 0.25) is 0 Å². The zero-order valence-corrected chi connectivity index (χ0v) is 78.0. The van der Waals surface area contributed by atoms with Crippen molar-refractivity contribution in [1.29, 1.82) is 0 Å². The third kappa shape index (κ3) is 22.1. The van der Waals surface area contributed by atoms with Crippen LogP contribution in [0.25, 0.3) is 0 Å². The fraction of sp³-hybridized carbons (Fsp3) is 0.875. The summed E-state index contributed by atoms with van der Waals surface area (Å²) in [6, 6.07) is 7.21. The highest BCUT2D eigenvalue weighted by molar-refractivity contribution is 6.74. The third-order valence-electron chi connectivity index (χ3n) is 32.0. The lowest BCUT2D eigenvalue weighted by Gasteiger charge is -2.42. The summed E-state index contributed by atoms with van der Waals surface area (Å²) < 4.78 is 108. The quantitative estimate of drug-likeness (QED) is 0.0445. The maximum atomic E-state index is 9.46. The Bertz CT molecular complexity index is 3310. The zero-order valence-electron chi connectivity index (χ0n) is 76.0. The van der Waals surface area contributed by atoms with Gasteiger partial charge in [0.15, 0.2) is 28.2 Å². The number of aliphatic hydroxyl groups excluding tert-OH is 1. The van der Waals surface area contributed by atoms with Crippen molar-refractivity contribution in [2.24, 2.45) is 59.2 Å². The van der Waals surface area contributed by atoms with E-state index in [1.165, 1.54) is 58.6 Å². The Morgan fingerprint density at radius 2 is 0.815 bits per heavy atom. The zero-order chi connectivity index (χ0) is 86.0. The third-order valence-corrected chi connectivity index (χ3v) is 41.3. The lowest BCUT2D eigenvalue weighted by Crippen LogP contribution is -2.54. The van der Waals surface area contributed by atoms with Gasteiger partial charge in [-0.2, -0.15) is 19.2 Å². The van der Waals surface area contributed by atoms with Gasteiger partial charge in [0.05, 0.1) is 110 Å². The van der Waals surface area contributed by atoms with Crippen LogP contribution in [0.3, 0.4) is 0 Å². The van der Waals surface area contributed by atoms with Gasteiger partial charge in [0.25, 0.3) is 0 Å². The van der Waals surface area contributed by atoms with E-state index in [4.69, 9.17) is 94.3 Å². The lowest BCUT2D eigenvalue weighted by atomic mass is 9.80. The van der Waals surface area contributed by atoms with Crippen LogP contribution in [0, 0.1) is 59.2 Å². The molecule has 21 nitrogen and oxygen atoms in total. The summed E-state index contributed by atoms with van der Waals surface area (Å²) in [6.45, 7) is 61.2. The van der Waals surface area contributed by atoms with Crippen LogP contribution in [0.4, 0.5) is 0 Å². The average Bonchev–Trinajstić information content (AvgIpc) is 1.56. The van der Waals surface area contributed by atoms with Gasteiger partial charge in [0.1, 0.15) is 36.6 Å². The Kier molecular flexibility index (Phi) is 35.3. The number of hydrogen-bond donors (Lipinski definition) is 1.